The van der Waals surface area contributed by atoms with Crippen molar-refractivity contribution in [1.29, 1.82) is 0 Å². The number of aliphatic hydroxyl groups is 1. The highest BCUT2D eigenvalue weighted by atomic mass is 16.3. The lowest BCUT2D eigenvalue weighted by atomic mass is 9.91. The first-order chi connectivity index (χ1) is 6.26. The van der Waals surface area contributed by atoms with Crippen LogP contribution in [0.4, 0.5) is 0 Å². The summed E-state index contributed by atoms with van der Waals surface area (Å²) in [6.07, 6.45) is 0.0898. The molecule has 1 amide bonds. The molecule has 0 aromatic carbocycles. The van der Waals surface area contributed by atoms with Crippen molar-refractivity contribution in [3.63, 3.8) is 0 Å². The van der Waals surface area contributed by atoms with Crippen molar-refractivity contribution in [2.45, 2.75) is 47.1 Å². The van der Waals surface area contributed by atoms with E-state index in [1.807, 2.05) is 27.7 Å². The minimum absolute atomic E-state index is 0.0171. The summed E-state index contributed by atoms with van der Waals surface area (Å²) in [5.41, 5.74) is 0.0171. The van der Waals surface area contributed by atoms with Crippen molar-refractivity contribution >= 4 is 5.91 Å². The quantitative estimate of drug-likeness (QED) is 0.751. The lowest BCUT2D eigenvalue weighted by molar-refractivity contribution is -0.134. The van der Waals surface area contributed by atoms with E-state index in [0.717, 1.165) is 0 Å². The molecule has 0 bridgehead atoms. The van der Waals surface area contributed by atoms with Gasteiger partial charge in [-0.2, -0.15) is 0 Å². The molecule has 1 N–H and O–H groups in total. The van der Waals surface area contributed by atoms with Crippen LogP contribution in [0.3, 0.4) is 0 Å². The van der Waals surface area contributed by atoms with Crippen molar-refractivity contribution in [2.75, 3.05) is 13.1 Å². The average molecular weight is 201 g/mol. The summed E-state index contributed by atoms with van der Waals surface area (Å²) in [4.78, 5) is 13.4. The first-order valence-corrected chi connectivity index (χ1v) is 5.22. The van der Waals surface area contributed by atoms with Gasteiger partial charge in [-0.05, 0) is 19.3 Å². The van der Waals surface area contributed by atoms with Crippen LogP contribution in [-0.4, -0.2) is 35.1 Å². The predicted molar refractivity (Wildman–Crippen MR) is 58.0 cm³/mol. The number of hydrogen-bond acceptors (Lipinski definition) is 2. The van der Waals surface area contributed by atoms with E-state index in [1.54, 1.807) is 11.8 Å². The van der Waals surface area contributed by atoms with Crippen molar-refractivity contribution in [3.05, 3.63) is 0 Å². The fourth-order valence-electron chi connectivity index (χ4n) is 1.29. The highest BCUT2D eigenvalue weighted by Crippen LogP contribution is 2.19. The van der Waals surface area contributed by atoms with Gasteiger partial charge in [-0.3, -0.25) is 4.79 Å². The van der Waals surface area contributed by atoms with E-state index in [9.17, 15) is 9.90 Å². The minimum Gasteiger partial charge on any atom is -0.392 e. The summed E-state index contributed by atoms with van der Waals surface area (Å²) in [7, 11) is 0. The van der Waals surface area contributed by atoms with Crippen LogP contribution in [0.15, 0.2) is 0 Å². The molecule has 0 saturated carbocycles. The van der Waals surface area contributed by atoms with Gasteiger partial charge in [0.2, 0.25) is 5.91 Å². The number of hydrogen-bond donors (Lipinski definition) is 1. The molecular weight excluding hydrogens is 178 g/mol. The highest BCUT2D eigenvalue weighted by Gasteiger charge is 2.20. The van der Waals surface area contributed by atoms with Gasteiger partial charge in [0.1, 0.15) is 0 Å². The summed E-state index contributed by atoms with van der Waals surface area (Å²) in [5, 5.41) is 9.21. The lowest BCUT2D eigenvalue weighted by Gasteiger charge is -2.26. The van der Waals surface area contributed by atoms with Crippen molar-refractivity contribution < 1.29 is 9.90 Å². The maximum atomic E-state index is 11.7. The minimum atomic E-state index is -0.445. The summed E-state index contributed by atoms with van der Waals surface area (Å²) in [6.45, 7) is 10.9. The Bertz CT molecular complexity index is 182. The lowest BCUT2D eigenvalue weighted by Crippen LogP contribution is -2.38. The summed E-state index contributed by atoms with van der Waals surface area (Å²) >= 11 is 0. The SMILES string of the molecule is CCN(C[C@@H](C)O)C(=O)CC(C)(C)C. The zero-order chi connectivity index (χ0) is 11.4. The van der Waals surface area contributed by atoms with Crippen molar-refractivity contribution in [1.82, 2.24) is 4.90 Å². The van der Waals surface area contributed by atoms with Crippen LogP contribution in [0.5, 0.6) is 0 Å². The highest BCUT2D eigenvalue weighted by molar-refractivity contribution is 5.76. The molecule has 0 aliphatic heterocycles. The molecule has 1 atom stereocenters. The van der Waals surface area contributed by atoms with E-state index in [-0.39, 0.29) is 11.3 Å². The second-order valence-corrected chi connectivity index (χ2v) is 5.02. The molecule has 0 aromatic heterocycles. The van der Waals surface area contributed by atoms with Gasteiger partial charge in [0, 0.05) is 19.5 Å². The molecule has 0 unspecified atom stereocenters. The second-order valence-electron chi connectivity index (χ2n) is 5.02. The van der Waals surface area contributed by atoms with Crippen molar-refractivity contribution in [2.24, 2.45) is 5.41 Å². The Morgan fingerprint density at radius 2 is 1.93 bits per heavy atom. The molecular formula is C11H23NO2. The Hall–Kier alpha value is -0.570. The van der Waals surface area contributed by atoms with Gasteiger partial charge in [-0.25, -0.2) is 0 Å². The third-order valence-corrected chi connectivity index (χ3v) is 1.90. The average Bonchev–Trinajstić information content (AvgIpc) is 1.96. The third kappa shape index (κ3) is 5.97. The zero-order valence-corrected chi connectivity index (χ0v) is 10.0. The van der Waals surface area contributed by atoms with Gasteiger partial charge in [0.15, 0.2) is 0 Å². The predicted octanol–water partition coefficient (Wildman–Crippen LogP) is 1.65. The van der Waals surface area contributed by atoms with E-state index in [2.05, 4.69) is 0 Å². The van der Waals surface area contributed by atoms with Crippen LogP contribution in [-0.2, 0) is 4.79 Å². The molecule has 0 aliphatic carbocycles. The maximum absolute atomic E-state index is 11.7. The molecule has 14 heavy (non-hydrogen) atoms. The van der Waals surface area contributed by atoms with E-state index in [4.69, 9.17) is 0 Å². The third-order valence-electron chi connectivity index (χ3n) is 1.90. The number of carbonyl (C=O) groups is 1. The first-order valence-electron chi connectivity index (χ1n) is 5.22. The molecule has 0 heterocycles. The van der Waals surface area contributed by atoms with Gasteiger partial charge < -0.3 is 10.0 Å². The Labute approximate surface area is 87.1 Å². The Morgan fingerprint density at radius 3 is 2.21 bits per heavy atom. The molecule has 0 spiro atoms. The molecule has 84 valence electrons. The van der Waals surface area contributed by atoms with E-state index < -0.39 is 6.10 Å². The molecule has 3 nitrogen and oxygen atoms in total. The largest absolute Gasteiger partial charge is 0.392 e. The Kier molecular flexibility index (Phi) is 5.13. The second kappa shape index (κ2) is 5.35. The van der Waals surface area contributed by atoms with E-state index >= 15 is 0 Å². The van der Waals surface area contributed by atoms with Crippen LogP contribution < -0.4 is 0 Å². The number of rotatable bonds is 4. The number of carbonyl (C=O) groups excluding carboxylic acids is 1. The topological polar surface area (TPSA) is 40.5 Å². The molecule has 3 heteroatoms. The van der Waals surface area contributed by atoms with Gasteiger partial charge in [0.05, 0.1) is 6.10 Å². The fraction of sp³-hybridized carbons (Fsp3) is 0.909. The Morgan fingerprint density at radius 1 is 1.43 bits per heavy atom. The van der Waals surface area contributed by atoms with E-state index in [1.165, 1.54) is 0 Å². The smallest absolute Gasteiger partial charge is 0.223 e. The van der Waals surface area contributed by atoms with Gasteiger partial charge >= 0.3 is 0 Å². The summed E-state index contributed by atoms with van der Waals surface area (Å²) < 4.78 is 0. The number of aliphatic hydroxyl groups excluding tert-OH is 1. The van der Waals surface area contributed by atoms with Crippen LogP contribution >= 0.6 is 0 Å². The van der Waals surface area contributed by atoms with Crippen LogP contribution in [0.1, 0.15) is 41.0 Å². The normalized spacial score (nSPS) is 13.9. The number of nitrogens with zero attached hydrogens (tertiary/aromatic N) is 1. The van der Waals surface area contributed by atoms with E-state index in [0.29, 0.717) is 19.5 Å². The number of amides is 1. The van der Waals surface area contributed by atoms with Gasteiger partial charge in [-0.15, -0.1) is 0 Å². The van der Waals surface area contributed by atoms with Crippen LogP contribution in [0, 0.1) is 5.41 Å². The van der Waals surface area contributed by atoms with Crippen LogP contribution in [0.25, 0.3) is 0 Å². The molecule has 0 aliphatic rings. The monoisotopic (exact) mass is 201 g/mol. The number of likely N-dealkylation sites (N-methyl/N-ethyl adjacent to an activating group) is 1. The standard InChI is InChI=1S/C11H23NO2/c1-6-12(8-9(2)13)10(14)7-11(3,4)5/h9,13H,6-8H2,1-5H3/t9-/m1/s1. The fourth-order valence-corrected chi connectivity index (χ4v) is 1.29. The van der Waals surface area contributed by atoms with Crippen LogP contribution in [0.2, 0.25) is 0 Å². The van der Waals surface area contributed by atoms with Gasteiger partial charge in [-0.1, -0.05) is 20.8 Å². The molecule has 0 aromatic rings. The summed E-state index contributed by atoms with van der Waals surface area (Å²) in [5.74, 6) is 0.126. The molecule has 0 rings (SSSR count). The maximum Gasteiger partial charge on any atom is 0.223 e. The first kappa shape index (κ1) is 13.4. The summed E-state index contributed by atoms with van der Waals surface area (Å²) in [6, 6.07) is 0. The molecule has 0 radical (unpaired) electrons. The molecule has 0 fully saturated rings. The van der Waals surface area contributed by atoms with Crippen molar-refractivity contribution in [3.8, 4) is 0 Å². The van der Waals surface area contributed by atoms with Gasteiger partial charge in [0.25, 0.3) is 0 Å². The zero-order valence-electron chi connectivity index (χ0n) is 10.0. The molecule has 0 saturated heterocycles. The Balaban J connectivity index is 4.18.